The zero-order valence-corrected chi connectivity index (χ0v) is 15.2. The molecule has 23 heavy (non-hydrogen) atoms. The SMILES string of the molecule is Cc1ccc(N2c3ccccc3SC(CCCCl)S2(=O)=O)cc1. The number of rotatable bonds is 4. The second-order valence-electron chi connectivity index (χ2n) is 5.49. The molecule has 0 saturated carbocycles. The van der Waals surface area contributed by atoms with E-state index in [2.05, 4.69) is 0 Å². The number of alkyl halides is 1. The van der Waals surface area contributed by atoms with E-state index in [-0.39, 0.29) is 0 Å². The fraction of sp³-hybridized carbons (Fsp3) is 0.294. The van der Waals surface area contributed by atoms with Crippen molar-refractivity contribution in [1.82, 2.24) is 0 Å². The van der Waals surface area contributed by atoms with Gasteiger partial charge in [-0.3, -0.25) is 0 Å². The van der Waals surface area contributed by atoms with Crippen molar-refractivity contribution in [2.45, 2.75) is 29.2 Å². The summed E-state index contributed by atoms with van der Waals surface area (Å²) in [7, 11) is -3.48. The van der Waals surface area contributed by atoms with Gasteiger partial charge in [0, 0.05) is 10.8 Å². The number of halogens is 1. The van der Waals surface area contributed by atoms with E-state index in [9.17, 15) is 8.42 Å². The van der Waals surface area contributed by atoms with Crippen LogP contribution in [0.1, 0.15) is 18.4 Å². The normalized spacial score (nSPS) is 19.4. The highest BCUT2D eigenvalue weighted by atomic mass is 35.5. The Hall–Kier alpha value is -1.17. The van der Waals surface area contributed by atoms with Crippen LogP contribution in [-0.2, 0) is 10.0 Å². The number of nitrogens with zero attached hydrogens (tertiary/aromatic N) is 1. The van der Waals surface area contributed by atoms with Crippen LogP contribution in [0.3, 0.4) is 0 Å². The molecule has 0 aliphatic carbocycles. The molecule has 3 rings (SSSR count). The van der Waals surface area contributed by atoms with Crippen molar-refractivity contribution in [2.24, 2.45) is 0 Å². The first-order valence-corrected chi connectivity index (χ1v) is 10.4. The number of sulfonamides is 1. The summed E-state index contributed by atoms with van der Waals surface area (Å²) in [5.74, 6) is 0.471. The molecule has 122 valence electrons. The van der Waals surface area contributed by atoms with Crippen LogP contribution < -0.4 is 4.31 Å². The molecule has 6 heteroatoms. The molecule has 2 aromatic rings. The van der Waals surface area contributed by atoms with Crippen molar-refractivity contribution >= 4 is 44.8 Å². The number of hydrogen-bond acceptors (Lipinski definition) is 3. The zero-order chi connectivity index (χ0) is 16.4. The Morgan fingerprint density at radius 1 is 1.13 bits per heavy atom. The zero-order valence-electron chi connectivity index (χ0n) is 12.8. The molecule has 0 fully saturated rings. The van der Waals surface area contributed by atoms with E-state index >= 15 is 0 Å². The van der Waals surface area contributed by atoms with E-state index in [4.69, 9.17) is 11.6 Å². The molecule has 1 unspecified atom stereocenters. The predicted molar refractivity (Wildman–Crippen MR) is 98.3 cm³/mol. The van der Waals surface area contributed by atoms with Crippen molar-refractivity contribution in [3.8, 4) is 0 Å². The van der Waals surface area contributed by atoms with E-state index in [1.807, 2.05) is 55.5 Å². The van der Waals surface area contributed by atoms with Gasteiger partial charge < -0.3 is 0 Å². The third-order valence-electron chi connectivity index (χ3n) is 3.77. The summed E-state index contributed by atoms with van der Waals surface area (Å²) in [4.78, 5) is 0.988. The van der Waals surface area contributed by atoms with Gasteiger partial charge in [-0.2, -0.15) is 0 Å². The van der Waals surface area contributed by atoms with Gasteiger partial charge in [0.1, 0.15) is 4.58 Å². The summed E-state index contributed by atoms with van der Waals surface area (Å²) in [6, 6.07) is 15.2. The first-order valence-electron chi connectivity index (χ1n) is 7.46. The molecule has 0 bridgehead atoms. The van der Waals surface area contributed by atoms with Gasteiger partial charge in [-0.15, -0.1) is 23.4 Å². The van der Waals surface area contributed by atoms with Gasteiger partial charge in [0.15, 0.2) is 0 Å². The Labute approximate surface area is 146 Å². The second-order valence-corrected chi connectivity index (χ2v) is 9.38. The highest BCUT2D eigenvalue weighted by Gasteiger charge is 2.39. The maximum atomic E-state index is 13.1. The Kier molecular flexibility index (Phi) is 4.90. The molecule has 0 amide bonds. The van der Waals surface area contributed by atoms with Crippen molar-refractivity contribution in [3.63, 3.8) is 0 Å². The summed E-state index contributed by atoms with van der Waals surface area (Å²) in [5.41, 5.74) is 2.51. The Morgan fingerprint density at radius 2 is 1.83 bits per heavy atom. The number of fused-ring (bicyclic) bond motifs is 1. The molecular formula is C17H18ClNO2S2. The highest BCUT2D eigenvalue weighted by molar-refractivity contribution is 8.14. The third-order valence-corrected chi connectivity index (χ3v) is 7.97. The molecule has 2 aromatic carbocycles. The number of aryl methyl sites for hydroxylation is 1. The van der Waals surface area contributed by atoms with Crippen LogP contribution in [0.4, 0.5) is 11.4 Å². The first-order chi connectivity index (χ1) is 11.0. The standard InChI is InChI=1S/C17H18ClNO2S2/c1-13-8-10-14(11-9-13)19-15-5-2-3-6-16(15)22-17(7-4-12-18)23(19,20)21/h2-3,5-6,8-11,17H,4,7,12H2,1H3. The maximum Gasteiger partial charge on any atom is 0.252 e. The van der Waals surface area contributed by atoms with Crippen LogP contribution in [0, 0.1) is 6.92 Å². The fourth-order valence-electron chi connectivity index (χ4n) is 2.60. The Bertz CT molecular complexity index is 790. The van der Waals surface area contributed by atoms with Crippen LogP contribution in [0.5, 0.6) is 0 Å². The first kappa shape index (κ1) is 16.7. The maximum absolute atomic E-state index is 13.1. The van der Waals surface area contributed by atoms with Gasteiger partial charge in [-0.25, -0.2) is 12.7 Å². The van der Waals surface area contributed by atoms with E-state index in [1.54, 1.807) is 0 Å². The van der Waals surface area contributed by atoms with Gasteiger partial charge in [-0.05, 0) is 44.0 Å². The summed E-state index contributed by atoms with van der Waals surface area (Å²) < 4.78 is 27.2. The average molecular weight is 368 g/mol. The smallest absolute Gasteiger partial charge is 0.236 e. The quantitative estimate of drug-likeness (QED) is 0.720. The highest BCUT2D eigenvalue weighted by Crippen LogP contribution is 2.47. The van der Waals surface area contributed by atoms with Gasteiger partial charge >= 0.3 is 0 Å². The lowest BCUT2D eigenvalue weighted by molar-refractivity contribution is 0.588. The average Bonchev–Trinajstić information content (AvgIpc) is 2.54. The molecule has 1 aliphatic rings. The van der Waals surface area contributed by atoms with Crippen LogP contribution in [0.25, 0.3) is 0 Å². The molecule has 0 N–H and O–H groups in total. The number of para-hydroxylation sites is 1. The monoisotopic (exact) mass is 367 g/mol. The van der Waals surface area contributed by atoms with E-state index in [1.165, 1.54) is 16.1 Å². The molecule has 0 radical (unpaired) electrons. The Morgan fingerprint density at radius 3 is 2.52 bits per heavy atom. The van der Waals surface area contributed by atoms with Crippen molar-refractivity contribution in [2.75, 3.05) is 10.2 Å². The second kappa shape index (κ2) is 6.75. The Balaban J connectivity index is 2.11. The molecule has 0 saturated heterocycles. The lowest BCUT2D eigenvalue weighted by Crippen LogP contribution is -2.37. The number of thioether (sulfide) groups is 1. The molecule has 0 spiro atoms. The van der Waals surface area contributed by atoms with E-state index in [0.29, 0.717) is 24.4 Å². The summed E-state index contributed by atoms with van der Waals surface area (Å²) in [6.45, 7) is 1.99. The van der Waals surface area contributed by atoms with Gasteiger partial charge in [0.25, 0.3) is 10.0 Å². The lowest BCUT2D eigenvalue weighted by atomic mass is 10.2. The van der Waals surface area contributed by atoms with E-state index < -0.39 is 14.6 Å². The number of anilines is 2. The van der Waals surface area contributed by atoms with Crippen LogP contribution in [-0.4, -0.2) is 18.9 Å². The van der Waals surface area contributed by atoms with Crippen LogP contribution in [0.2, 0.25) is 0 Å². The summed E-state index contributed by atoms with van der Waals surface area (Å²) in [5, 5.41) is 0. The molecular weight excluding hydrogens is 350 g/mol. The molecule has 1 aliphatic heterocycles. The minimum Gasteiger partial charge on any atom is -0.236 e. The van der Waals surface area contributed by atoms with Crippen molar-refractivity contribution in [1.29, 1.82) is 0 Å². The molecule has 3 nitrogen and oxygen atoms in total. The van der Waals surface area contributed by atoms with Crippen molar-refractivity contribution in [3.05, 3.63) is 54.1 Å². The van der Waals surface area contributed by atoms with Crippen molar-refractivity contribution < 1.29 is 8.42 Å². The minimum atomic E-state index is -3.48. The molecule has 1 heterocycles. The predicted octanol–water partition coefficient (Wildman–Crippen LogP) is 4.91. The topological polar surface area (TPSA) is 37.4 Å². The summed E-state index contributed by atoms with van der Waals surface area (Å²) >= 11 is 7.18. The third kappa shape index (κ3) is 3.23. The van der Waals surface area contributed by atoms with Gasteiger partial charge in [0.2, 0.25) is 0 Å². The van der Waals surface area contributed by atoms with Crippen LogP contribution >= 0.6 is 23.4 Å². The number of benzene rings is 2. The lowest BCUT2D eigenvalue weighted by Gasteiger charge is -2.35. The molecule has 0 aromatic heterocycles. The van der Waals surface area contributed by atoms with Gasteiger partial charge in [0.05, 0.1) is 11.4 Å². The largest absolute Gasteiger partial charge is 0.252 e. The minimum absolute atomic E-state index is 0.471. The summed E-state index contributed by atoms with van der Waals surface area (Å²) in [6.07, 6.45) is 1.23. The van der Waals surface area contributed by atoms with Crippen LogP contribution in [0.15, 0.2) is 53.4 Å². The van der Waals surface area contributed by atoms with Gasteiger partial charge in [-0.1, -0.05) is 29.8 Å². The number of hydrogen-bond donors (Lipinski definition) is 0. The fourth-order valence-corrected chi connectivity index (χ4v) is 6.42. The van der Waals surface area contributed by atoms with E-state index in [0.717, 1.165) is 16.1 Å². The molecule has 1 atom stereocenters.